The van der Waals surface area contributed by atoms with Crippen LogP contribution in [0.5, 0.6) is 0 Å². The lowest BCUT2D eigenvalue weighted by atomic mass is 10.1. The van der Waals surface area contributed by atoms with E-state index >= 15 is 0 Å². The molecule has 0 aliphatic heterocycles. The van der Waals surface area contributed by atoms with Crippen LogP contribution in [0.2, 0.25) is 5.02 Å². The maximum atomic E-state index is 13.7. The molecule has 0 atom stereocenters. The second-order valence-corrected chi connectivity index (χ2v) is 4.67. The summed E-state index contributed by atoms with van der Waals surface area (Å²) in [6, 6.07) is 1.12. The minimum Gasteiger partial charge on any atom is -0.252 e. The number of halogens is 4. The van der Waals surface area contributed by atoms with Gasteiger partial charge in [0.1, 0.15) is 17.2 Å². The predicted molar refractivity (Wildman–Crippen MR) is 64.1 cm³/mol. The first-order chi connectivity index (χ1) is 7.02. The van der Waals surface area contributed by atoms with Gasteiger partial charge < -0.3 is 0 Å². The first-order valence-electron chi connectivity index (χ1n) is 4.10. The van der Waals surface area contributed by atoms with Crippen LogP contribution in [0.4, 0.5) is 8.78 Å². The van der Waals surface area contributed by atoms with Crippen molar-refractivity contribution in [3.05, 3.63) is 38.1 Å². The summed E-state index contributed by atoms with van der Waals surface area (Å²) >= 11 is 7.85. The summed E-state index contributed by atoms with van der Waals surface area (Å²) in [5.74, 6) is -1.07. The maximum Gasteiger partial charge on any atom is 0.149 e. The van der Waals surface area contributed by atoms with Crippen molar-refractivity contribution in [2.75, 3.05) is 0 Å². The molecular weight excluding hydrogens is 334 g/mol. The lowest BCUT2D eigenvalue weighted by Crippen LogP contribution is -1.94. The average Bonchev–Trinajstić information content (AvgIpc) is 2.19. The van der Waals surface area contributed by atoms with Crippen molar-refractivity contribution in [2.45, 2.75) is 6.92 Å². The van der Waals surface area contributed by atoms with Crippen molar-refractivity contribution < 1.29 is 8.78 Å². The highest BCUT2D eigenvalue weighted by atomic mass is 127. The summed E-state index contributed by atoms with van der Waals surface area (Å²) in [7, 11) is 0. The lowest BCUT2D eigenvalue weighted by molar-refractivity contribution is 0.607. The van der Waals surface area contributed by atoms with Crippen LogP contribution in [0.15, 0.2) is 12.3 Å². The van der Waals surface area contributed by atoms with Gasteiger partial charge in [-0.1, -0.05) is 11.6 Å². The van der Waals surface area contributed by atoms with E-state index < -0.39 is 11.6 Å². The van der Waals surface area contributed by atoms with Crippen LogP contribution in [0.3, 0.4) is 0 Å². The number of aromatic nitrogens is 1. The van der Waals surface area contributed by atoms with Crippen LogP contribution < -0.4 is 0 Å². The summed E-state index contributed by atoms with van der Waals surface area (Å²) in [6.07, 6.45) is 1.42. The van der Waals surface area contributed by atoms with Gasteiger partial charge in [0.2, 0.25) is 0 Å². The third-order valence-electron chi connectivity index (χ3n) is 2.11. The Balaban J connectivity index is 3.04. The first kappa shape index (κ1) is 11.0. The van der Waals surface area contributed by atoms with Crippen molar-refractivity contribution in [1.29, 1.82) is 0 Å². The van der Waals surface area contributed by atoms with Crippen LogP contribution in [0.1, 0.15) is 5.56 Å². The van der Waals surface area contributed by atoms with Crippen LogP contribution in [-0.4, -0.2) is 4.98 Å². The number of fused-ring (bicyclic) bond motifs is 1. The molecule has 0 saturated carbocycles. The van der Waals surface area contributed by atoms with Gasteiger partial charge in [0.15, 0.2) is 0 Å². The summed E-state index contributed by atoms with van der Waals surface area (Å²) in [6.45, 7) is 1.49. The van der Waals surface area contributed by atoms with Crippen LogP contribution in [0.25, 0.3) is 10.9 Å². The van der Waals surface area contributed by atoms with Gasteiger partial charge in [-0.25, -0.2) is 8.78 Å². The van der Waals surface area contributed by atoms with Crippen LogP contribution in [0, 0.1) is 22.1 Å². The van der Waals surface area contributed by atoms with Crippen molar-refractivity contribution in [3.63, 3.8) is 0 Å². The van der Waals surface area contributed by atoms with E-state index in [1.165, 1.54) is 13.1 Å². The smallest absolute Gasteiger partial charge is 0.149 e. The summed E-state index contributed by atoms with van der Waals surface area (Å²) in [4.78, 5) is 3.84. The molecule has 1 heterocycles. The number of hydrogen-bond acceptors (Lipinski definition) is 1. The Morgan fingerprint density at radius 2 is 2.07 bits per heavy atom. The Hall–Kier alpha value is -0.490. The molecule has 1 nitrogen and oxygen atoms in total. The number of hydrogen-bond donors (Lipinski definition) is 0. The van der Waals surface area contributed by atoms with Gasteiger partial charge in [-0.2, -0.15) is 0 Å². The molecule has 0 N–H and O–H groups in total. The average molecular weight is 340 g/mol. The molecule has 1 aromatic heterocycles. The van der Waals surface area contributed by atoms with Crippen molar-refractivity contribution in [3.8, 4) is 0 Å². The highest BCUT2D eigenvalue weighted by Crippen LogP contribution is 2.31. The number of rotatable bonds is 0. The largest absolute Gasteiger partial charge is 0.252 e. The van der Waals surface area contributed by atoms with Gasteiger partial charge in [0, 0.05) is 6.20 Å². The quantitative estimate of drug-likeness (QED) is 0.659. The second-order valence-electron chi connectivity index (χ2n) is 3.13. The number of aryl methyl sites for hydroxylation is 1. The van der Waals surface area contributed by atoms with Gasteiger partial charge in [-0.05, 0) is 41.1 Å². The van der Waals surface area contributed by atoms with E-state index in [2.05, 4.69) is 4.98 Å². The summed E-state index contributed by atoms with van der Waals surface area (Å²) in [5.41, 5.74) is 0.203. The molecule has 5 heteroatoms. The summed E-state index contributed by atoms with van der Waals surface area (Å²) in [5, 5.41) is 0.266. The molecule has 2 aromatic rings. The zero-order valence-electron chi connectivity index (χ0n) is 7.61. The number of benzene rings is 1. The van der Waals surface area contributed by atoms with Crippen molar-refractivity contribution in [2.24, 2.45) is 0 Å². The molecule has 0 aliphatic rings. The molecule has 0 spiro atoms. The van der Waals surface area contributed by atoms with Gasteiger partial charge in [0.05, 0.1) is 14.0 Å². The zero-order chi connectivity index (χ0) is 11.2. The molecule has 0 radical (unpaired) electrons. The third-order valence-corrected chi connectivity index (χ3v) is 3.64. The Morgan fingerprint density at radius 3 is 2.73 bits per heavy atom. The molecule has 2 rings (SSSR count). The fourth-order valence-electron chi connectivity index (χ4n) is 1.37. The Bertz CT molecular complexity index is 549. The third kappa shape index (κ3) is 1.69. The molecule has 0 aliphatic carbocycles. The van der Waals surface area contributed by atoms with Gasteiger partial charge in [0.25, 0.3) is 0 Å². The topological polar surface area (TPSA) is 12.9 Å². The molecule has 15 heavy (non-hydrogen) atoms. The molecule has 0 amide bonds. The summed E-state index contributed by atoms with van der Waals surface area (Å²) < 4.78 is 27.8. The number of pyridine rings is 1. The van der Waals surface area contributed by atoms with E-state index in [-0.39, 0.29) is 21.5 Å². The van der Waals surface area contributed by atoms with Crippen molar-refractivity contribution >= 4 is 45.1 Å². The minimum atomic E-state index is -0.554. The molecule has 0 saturated heterocycles. The van der Waals surface area contributed by atoms with E-state index in [4.69, 9.17) is 11.6 Å². The van der Waals surface area contributed by atoms with E-state index in [1.54, 1.807) is 0 Å². The van der Waals surface area contributed by atoms with Crippen molar-refractivity contribution in [1.82, 2.24) is 4.98 Å². The SMILES string of the molecule is Cc1cc(F)c2ncc(I)c(Cl)c2c1F. The normalized spacial score (nSPS) is 11.0. The molecule has 78 valence electrons. The molecule has 0 unspecified atom stereocenters. The highest BCUT2D eigenvalue weighted by molar-refractivity contribution is 14.1. The lowest BCUT2D eigenvalue weighted by Gasteiger charge is -2.06. The monoisotopic (exact) mass is 339 g/mol. The predicted octanol–water partition coefficient (Wildman–Crippen LogP) is 4.08. The highest BCUT2D eigenvalue weighted by Gasteiger charge is 2.15. The van der Waals surface area contributed by atoms with E-state index in [9.17, 15) is 8.78 Å². The second kappa shape index (κ2) is 3.83. The number of nitrogens with zero attached hydrogens (tertiary/aromatic N) is 1. The zero-order valence-corrected chi connectivity index (χ0v) is 10.5. The fourth-order valence-corrected chi connectivity index (χ4v) is 2.00. The van der Waals surface area contributed by atoms with E-state index in [0.717, 1.165) is 6.07 Å². The Kier molecular flexibility index (Phi) is 2.81. The minimum absolute atomic E-state index is 0.0245. The molecule has 0 bridgehead atoms. The van der Waals surface area contributed by atoms with Crippen LogP contribution >= 0.6 is 34.2 Å². The maximum absolute atomic E-state index is 13.7. The Morgan fingerprint density at radius 1 is 1.40 bits per heavy atom. The van der Waals surface area contributed by atoms with Crippen LogP contribution in [-0.2, 0) is 0 Å². The molecule has 0 fully saturated rings. The van der Waals surface area contributed by atoms with E-state index in [0.29, 0.717) is 3.57 Å². The first-order valence-corrected chi connectivity index (χ1v) is 5.56. The Labute approximate surface area is 104 Å². The van der Waals surface area contributed by atoms with Gasteiger partial charge in [-0.15, -0.1) is 0 Å². The fraction of sp³-hybridized carbons (Fsp3) is 0.100. The molecular formula is C10H5ClF2IN. The standard InChI is InChI=1S/C10H5ClF2IN/c1-4-2-5(12)10-7(9(4)13)8(11)6(14)3-15-10/h2-3H,1H3. The van der Waals surface area contributed by atoms with Gasteiger partial charge >= 0.3 is 0 Å². The van der Waals surface area contributed by atoms with E-state index in [1.807, 2.05) is 22.6 Å². The van der Waals surface area contributed by atoms with Gasteiger partial charge in [-0.3, -0.25) is 4.98 Å². The molecule has 1 aromatic carbocycles.